The third-order valence-corrected chi connectivity index (χ3v) is 3.26. The molecule has 2 unspecified atom stereocenters. The van der Waals surface area contributed by atoms with Crippen LogP contribution in [0.25, 0.3) is 0 Å². The van der Waals surface area contributed by atoms with E-state index < -0.39 is 0 Å². The normalized spacial score (nSPS) is 32.1. The minimum absolute atomic E-state index is 0.00882. The van der Waals surface area contributed by atoms with Gasteiger partial charge in [-0.3, -0.25) is 9.59 Å². The number of piperidine rings is 1. The monoisotopic (exact) mass is 211 g/mol. The highest BCUT2D eigenvalue weighted by Gasteiger charge is 2.35. The Kier molecular flexibility index (Phi) is 3.05. The Morgan fingerprint density at radius 2 is 2.33 bits per heavy atom. The minimum atomic E-state index is -0.0316. The van der Waals surface area contributed by atoms with Crippen LogP contribution in [0.4, 0.5) is 0 Å². The fourth-order valence-corrected chi connectivity index (χ4v) is 2.32. The molecule has 0 radical (unpaired) electrons. The number of likely N-dealkylation sites (tertiary alicyclic amines) is 1. The number of hydrogen-bond acceptors (Lipinski definition) is 3. The van der Waals surface area contributed by atoms with E-state index in [4.69, 9.17) is 4.74 Å². The van der Waals surface area contributed by atoms with E-state index in [0.717, 1.165) is 19.4 Å². The Balaban J connectivity index is 1.97. The Labute approximate surface area is 89.6 Å². The molecular formula is C11H17NO3. The van der Waals surface area contributed by atoms with Crippen LogP contribution >= 0.6 is 0 Å². The van der Waals surface area contributed by atoms with Gasteiger partial charge >= 0.3 is 0 Å². The van der Waals surface area contributed by atoms with Crippen molar-refractivity contribution in [2.75, 3.05) is 19.7 Å². The summed E-state index contributed by atoms with van der Waals surface area (Å²) in [6.07, 6.45) is 2.24. The fourth-order valence-electron chi connectivity index (χ4n) is 2.32. The number of rotatable bonds is 1. The molecule has 2 rings (SSSR count). The zero-order valence-corrected chi connectivity index (χ0v) is 9.07. The van der Waals surface area contributed by atoms with Crippen molar-refractivity contribution in [2.24, 2.45) is 5.92 Å². The summed E-state index contributed by atoms with van der Waals surface area (Å²) < 4.78 is 5.37. The molecule has 2 atom stereocenters. The van der Waals surface area contributed by atoms with Crippen LogP contribution in [0, 0.1) is 5.92 Å². The van der Waals surface area contributed by atoms with Gasteiger partial charge in [0.2, 0.25) is 5.91 Å². The van der Waals surface area contributed by atoms with Gasteiger partial charge in [-0.05, 0) is 19.8 Å². The molecule has 4 nitrogen and oxygen atoms in total. The maximum Gasteiger partial charge on any atom is 0.228 e. The molecule has 2 aliphatic heterocycles. The second-order valence-corrected chi connectivity index (χ2v) is 4.37. The largest absolute Gasteiger partial charge is 0.378 e. The summed E-state index contributed by atoms with van der Waals surface area (Å²) in [6, 6.07) is 0. The summed E-state index contributed by atoms with van der Waals surface area (Å²) in [5.74, 6) is 0.255. The summed E-state index contributed by atoms with van der Waals surface area (Å²) in [4.78, 5) is 25.0. The Hall–Kier alpha value is -0.900. The van der Waals surface area contributed by atoms with E-state index in [1.807, 2.05) is 6.92 Å². The quantitative estimate of drug-likeness (QED) is 0.638. The summed E-state index contributed by atoms with van der Waals surface area (Å²) in [5, 5.41) is 0. The third kappa shape index (κ3) is 2.20. The van der Waals surface area contributed by atoms with Crippen LogP contribution in [0.15, 0.2) is 0 Å². The SMILES string of the molecule is CC1OCCC1C(=O)N1CCCC(=O)C1. The van der Waals surface area contributed by atoms with Crippen molar-refractivity contribution in [3.8, 4) is 0 Å². The van der Waals surface area contributed by atoms with E-state index in [0.29, 0.717) is 19.6 Å². The fraction of sp³-hybridized carbons (Fsp3) is 0.818. The summed E-state index contributed by atoms with van der Waals surface area (Å²) in [6.45, 7) is 3.64. The van der Waals surface area contributed by atoms with Gasteiger partial charge < -0.3 is 9.64 Å². The van der Waals surface area contributed by atoms with Gasteiger partial charge in [0.1, 0.15) is 0 Å². The molecule has 0 aliphatic carbocycles. The Morgan fingerprint density at radius 3 is 2.93 bits per heavy atom. The van der Waals surface area contributed by atoms with Crippen LogP contribution in [0.3, 0.4) is 0 Å². The van der Waals surface area contributed by atoms with E-state index >= 15 is 0 Å². The maximum atomic E-state index is 12.1. The van der Waals surface area contributed by atoms with Crippen molar-refractivity contribution >= 4 is 11.7 Å². The molecule has 0 N–H and O–H groups in total. The van der Waals surface area contributed by atoms with E-state index in [1.54, 1.807) is 4.90 Å². The highest BCUT2D eigenvalue weighted by molar-refractivity contribution is 5.88. The maximum absolute atomic E-state index is 12.1. The number of Topliss-reactive ketones (excluding diaryl/α,β-unsaturated/α-hetero) is 1. The average Bonchev–Trinajstić information content (AvgIpc) is 2.63. The number of hydrogen-bond donors (Lipinski definition) is 0. The molecule has 2 heterocycles. The number of amides is 1. The van der Waals surface area contributed by atoms with Gasteiger partial charge in [-0.25, -0.2) is 0 Å². The van der Waals surface area contributed by atoms with E-state index in [1.165, 1.54) is 0 Å². The summed E-state index contributed by atoms with van der Waals surface area (Å²) in [7, 11) is 0. The van der Waals surface area contributed by atoms with Gasteiger partial charge in [0.15, 0.2) is 5.78 Å². The third-order valence-electron chi connectivity index (χ3n) is 3.26. The molecular weight excluding hydrogens is 194 g/mol. The van der Waals surface area contributed by atoms with Crippen molar-refractivity contribution in [3.05, 3.63) is 0 Å². The Morgan fingerprint density at radius 1 is 1.53 bits per heavy atom. The summed E-state index contributed by atoms with van der Waals surface area (Å²) >= 11 is 0. The van der Waals surface area contributed by atoms with Gasteiger partial charge in [0.25, 0.3) is 0 Å². The van der Waals surface area contributed by atoms with Crippen LogP contribution < -0.4 is 0 Å². The number of nitrogens with zero attached hydrogens (tertiary/aromatic N) is 1. The van der Waals surface area contributed by atoms with Gasteiger partial charge in [-0.15, -0.1) is 0 Å². The average molecular weight is 211 g/mol. The highest BCUT2D eigenvalue weighted by atomic mass is 16.5. The van der Waals surface area contributed by atoms with Crippen molar-refractivity contribution in [3.63, 3.8) is 0 Å². The van der Waals surface area contributed by atoms with Crippen LogP contribution in [0.2, 0.25) is 0 Å². The van der Waals surface area contributed by atoms with Gasteiger partial charge in [0.05, 0.1) is 18.6 Å². The number of ketones is 1. The molecule has 0 spiro atoms. The van der Waals surface area contributed by atoms with Crippen molar-refractivity contribution in [2.45, 2.75) is 32.3 Å². The summed E-state index contributed by atoms with van der Waals surface area (Å²) in [5.41, 5.74) is 0. The number of carbonyl (C=O) groups excluding carboxylic acids is 2. The molecule has 0 bridgehead atoms. The molecule has 0 aromatic carbocycles. The van der Waals surface area contributed by atoms with Gasteiger partial charge in [0, 0.05) is 19.6 Å². The predicted octanol–water partition coefficient (Wildman–Crippen LogP) is 0.603. The highest BCUT2D eigenvalue weighted by Crippen LogP contribution is 2.23. The minimum Gasteiger partial charge on any atom is -0.378 e. The van der Waals surface area contributed by atoms with Gasteiger partial charge in [-0.1, -0.05) is 0 Å². The van der Waals surface area contributed by atoms with Crippen LogP contribution in [-0.2, 0) is 14.3 Å². The smallest absolute Gasteiger partial charge is 0.228 e. The first kappa shape index (κ1) is 10.6. The van der Waals surface area contributed by atoms with E-state index in [9.17, 15) is 9.59 Å². The lowest BCUT2D eigenvalue weighted by Crippen LogP contribution is -2.44. The van der Waals surface area contributed by atoms with Crippen LogP contribution in [-0.4, -0.2) is 42.4 Å². The molecule has 84 valence electrons. The first-order valence-corrected chi connectivity index (χ1v) is 5.60. The lowest BCUT2D eigenvalue weighted by molar-refractivity contribution is -0.142. The number of carbonyl (C=O) groups is 2. The van der Waals surface area contributed by atoms with Crippen LogP contribution in [0.1, 0.15) is 26.2 Å². The standard InChI is InChI=1S/C11H17NO3/c1-8-10(4-6-15-8)11(14)12-5-2-3-9(13)7-12/h8,10H,2-7H2,1H3. The van der Waals surface area contributed by atoms with Gasteiger partial charge in [-0.2, -0.15) is 0 Å². The topological polar surface area (TPSA) is 46.6 Å². The first-order valence-electron chi connectivity index (χ1n) is 5.60. The second-order valence-electron chi connectivity index (χ2n) is 4.37. The molecule has 0 aromatic heterocycles. The molecule has 0 aromatic rings. The van der Waals surface area contributed by atoms with E-state index in [2.05, 4.69) is 0 Å². The number of ether oxygens (including phenoxy) is 1. The molecule has 15 heavy (non-hydrogen) atoms. The molecule has 0 saturated carbocycles. The predicted molar refractivity (Wildman–Crippen MR) is 54.3 cm³/mol. The molecule has 1 amide bonds. The Bertz CT molecular complexity index is 277. The van der Waals surface area contributed by atoms with Crippen LogP contribution in [0.5, 0.6) is 0 Å². The lowest BCUT2D eigenvalue weighted by atomic mass is 9.99. The van der Waals surface area contributed by atoms with Crippen molar-refractivity contribution < 1.29 is 14.3 Å². The molecule has 4 heteroatoms. The van der Waals surface area contributed by atoms with Crippen molar-refractivity contribution in [1.82, 2.24) is 4.90 Å². The zero-order valence-electron chi connectivity index (χ0n) is 9.07. The molecule has 2 saturated heterocycles. The second kappa shape index (κ2) is 4.31. The first-order chi connectivity index (χ1) is 7.18. The van der Waals surface area contributed by atoms with Crippen molar-refractivity contribution in [1.29, 1.82) is 0 Å². The van der Waals surface area contributed by atoms with E-state index in [-0.39, 0.29) is 23.7 Å². The molecule has 2 fully saturated rings. The zero-order chi connectivity index (χ0) is 10.8. The lowest BCUT2D eigenvalue weighted by Gasteiger charge is -2.29. The molecule has 2 aliphatic rings.